The summed E-state index contributed by atoms with van der Waals surface area (Å²) in [5.41, 5.74) is 13.2. The van der Waals surface area contributed by atoms with Crippen molar-refractivity contribution in [2.24, 2.45) is 0 Å². The fraction of sp³-hybridized carbons (Fsp3) is 0.100. The number of hydrogen-bond acceptors (Lipinski definition) is 1. The van der Waals surface area contributed by atoms with E-state index in [4.69, 9.17) is 5.73 Å². The first-order valence-electron chi connectivity index (χ1n) is 7.22. The fourth-order valence-corrected chi connectivity index (χ4v) is 2.66. The van der Waals surface area contributed by atoms with Gasteiger partial charge in [0.2, 0.25) is 0 Å². The molecule has 0 fully saturated rings. The minimum absolute atomic E-state index is 0.834. The lowest BCUT2D eigenvalue weighted by atomic mass is 9.93. The van der Waals surface area contributed by atoms with Crippen molar-refractivity contribution in [3.05, 3.63) is 89.5 Å². The first kappa shape index (κ1) is 13.4. The van der Waals surface area contributed by atoms with Crippen LogP contribution in [0.4, 0.5) is 5.69 Å². The van der Waals surface area contributed by atoms with Crippen molar-refractivity contribution in [3.63, 3.8) is 0 Å². The maximum Gasteiger partial charge on any atom is 0.0394 e. The second-order valence-corrected chi connectivity index (χ2v) is 5.41. The molecule has 0 heterocycles. The quantitative estimate of drug-likeness (QED) is 0.679. The van der Waals surface area contributed by atoms with Crippen LogP contribution in [0.3, 0.4) is 0 Å². The van der Waals surface area contributed by atoms with Crippen LogP contribution in [0.5, 0.6) is 0 Å². The first-order valence-corrected chi connectivity index (χ1v) is 7.22. The van der Waals surface area contributed by atoms with Crippen LogP contribution < -0.4 is 5.73 Å². The summed E-state index contributed by atoms with van der Waals surface area (Å²) in [6, 6.07) is 25.3. The highest BCUT2D eigenvalue weighted by atomic mass is 14.6. The number of aryl methyl sites for hydroxylation is 1. The van der Waals surface area contributed by atoms with Crippen molar-refractivity contribution in [1.82, 2.24) is 0 Å². The minimum atomic E-state index is 0.834. The van der Waals surface area contributed by atoms with Gasteiger partial charge in [-0.05, 0) is 42.2 Å². The molecule has 0 radical (unpaired) electrons. The molecule has 0 aromatic heterocycles. The van der Waals surface area contributed by atoms with E-state index in [9.17, 15) is 0 Å². The summed E-state index contributed by atoms with van der Waals surface area (Å²) in [5.74, 6) is 0. The summed E-state index contributed by atoms with van der Waals surface area (Å²) in [7, 11) is 0. The SMILES string of the molecule is Cc1ccc(N)c(-c2ccccc2Cc2ccccc2)c1. The molecule has 3 rings (SSSR count). The van der Waals surface area contributed by atoms with Gasteiger partial charge in [-0.3, -0.25) is 0 Å². The van der Waals surface area contributed by atoms with Crippen molar-refractivity contribution in [2.75, 3.05) is 5.73 Å². The summed E-state index contributed by atoms with van der Waals surface area (Å²) < 4.78 is 0. The minimum Gasteiger partial charge on any atom is -0.398 e. The van der Waals surface area contributed by atoms with Gasteiger partial charge in [0.25, 0.3) is 0 Å². The van der Waals surface area contributed by atoms with E-state index >= 15 is 0 Å². The Labute approximate surface area is 126 Å². The van der Waals surface area contributed by atoms with Crippen LogP contribution in [0, 0.1) is 6.92 Å². The van der Waals surface area contributed by atoms with E-state index in [0.717, 1.165) is 17.7 Å². The van der Waals surface area contributed by atoms with Crippen LogP contribution in [0.1, 0.15) is 16.7 Å². The van der Waals surface area contributed by atoms with Crippen molar-refractivity contribution < 1.29 is 0 Å². The van der Waals surface area contributed by atoms with Crippen molar-refractivity contribution in [3.8, 4) is 11.1 Å². The highest BCUT2D eigenvalue weighted by molar-refractivity contribution is 5.79. The largest absolute Gasteiger partial charge is 0.398 e. The average molecular weight is 273 g/mol. The van der Waals surface area contributed by atoms with E-state index in [1.54, 1.807) is 0 Å². The molecule has 0 aliphatic rings. The summed E-state index contributed by atoms with van der Waals surface area (Å²) >= 11 is 0. The Kier molecular flexibility index (Phi) is 3.74. The van der Waals surface area contributed by atoms with Crippen LogP contribution in [0.15, 0.2) is 72.8 Å². The molecule has 0 amide bonds. The number of rotatable bonds is 3. The highest BCUT2D eigenvalue weighted by Crippen LogP contribution is 2.31. The van der Waals surface area contributed by atoms with Gasteiger partial charge in [0.05, 0.1) is 0 Å². The molecule has 0 saturated carbocycles. The Morgan fingerprint density at radius 2 is 1.48 bits per heavy atom. The third-order valence-corrected chi connectivity index (χ3v) is 3.75. The summed E-state index contributed by atoms with van der Waals surface area (Å²) in [5, 5.41) is 0. The van der Waals surface area contributed by atoms with E-state index in [2.05, 4.69) is 67.6 Å². The lowest BCUT2D eigenvalue weighted by Gasteiger charge is -2.13. The molecular formula is C20H19N. The molecule has 1 heteroatoms. The van der Waals surface area contributed by atoms with Crippen LogP contribution in [-0.2, 0) is 6.42 Å². The zero-order valence-electron chi connectivity index (χ0n) is 12.2. The third kappa shape index (κ3) is 2.97. The second kappa shape index (κ2) is 5.84. The van der Waals surface area contributed by atoms with Crippen molar-refractivity contribution >= 4 is 5.69 Å². The number of anilines is 1. The van der Waals surface area contributed by atoms with Gasteiger partial charge in [-0.1, -0.05) is 66.2 Å². The summed E-state index contributed by atoms with van der Waals surface area (Å²) in [6.07, 6.45) is 0.921. The van der Waals surface area contributed by atoms with Crippen molar-refractivity contribution in [1.29, 1.82) is 0 Å². The van der Waals surface area contributed by atoms with E-state index in [-0.39, 0.29) is 0 Å². The average Bonchev–Trinajstić information content (AvgIpc) is 2.51. The molecule has 3 aromatic carbocycles. The van der Waals surface area contributed by atoms with Crippen molar-refractivity contribution in [2.45, 2.75) is 13.3 Å². The number of benzene rings is 3. The molecule has 0 atom stereocenters. The van der Waals surface area contributed by atoms with Gasteiger partial charge in [-0.25, -0.2) is 0 Å². The van der Waals surface area contributed by atoms with Gasteiger partial charge in [0.1, 0.15) is 0 Å². The Bertz CT molecular complexity index is 745. The van der Waals surface area contributed by atoms with Crippen LogP contribution in [0.25, 0.3) is 11.1 Å². The fourth-order valence-electron chi connectivity index (χ4n) is 2.66. The van der Waals surface area contributed by atoms with Gasteiger partial charge in [-0.2, -0.15) is 0 Å². The highest BCUT2D eigenvalue weighted by Gasteiger charge is 2.08. The Morgan fingerprint density at radius 3 is 2.29 bits per heavy atom. The lowest BCUT2D eigenvalue weighted by molar-refractivity contribution is 1.19. The molecule has 0 unspecified atom stereocenters. The van der Waals surface area contributed by atoms with Gasteiger partial charge >= 0.3 is 0 Å². The van der Waals surface area contributed by atoms with E-state index in [0.29, 0.717) is 0 Å². The molecule has 2 N–H and O–H groups in total. The van der Waals surface area contributed by atoms with Crippen LogP contribution in [-0.4, -0.2) is 0 Å². The van der Waals surface area contributed by atoms with Gasteiger partial charge < -0.3 is 5.73 Å². The lowest BCUT2D eigenvalue weighted by Crippen LogP contribution is -1.96. The van der Waals surface area contributed by atoms with Gasteiger partial charge in [0.15, 0.2) is 0 Å². The number of hydrogen-bond donors (Lipinski definition) is 1. The predicted octanol–water partition coefficient (Wildman–Crippen LogP) is 4.84. The summed E-state index contributed by atoms with van der Waals surface area (Å²) in [6.45, 7) is 2.10. The maximum absolute atomic E-state index is 6.18. The van der Waals surface area contributed by atoms with Crippen LogP contribution in [0.2, 0.25) is 0 Å². The molecule has 0 aliphatic heterocycles. The standard InChI is InChI=1S/C20H19N/c1-15-11-12-20(21)19(13-15)18-10-6-5-9-17(18)14-16-7-3-2-4-8-16/h2-13H,14,21H2,1H3. The smallest absolute Gasteiger partial charge is 0.0394 e. The Morgan fingerprint density at radius 1 is 0.762 bits per heavy atom. The topological polar surface area (TPSA) is 26.0 Å². The zero-order valence-corrected chi connectivity index (χ0v) is 12.2. The molecule has 0 aliphatic carbocycles. The van der Waals surface area contributed by atoms with Gasteiger partial charge in [0, 0.05) is 11.3 Å². The molecule has 3 aromatic rings. The second-order valence-electron chi connectivity index (χ2n) is 5.41. The predicted molar refractivity (Wildman–Crippen MR) is 90.3 cm³/mol. The third-order valence-electron chi connectivity index (χ3n) is 3.75. The molecule has 21 heavy (non-hydrogen) atoms. The summed E-state index contributed by atoms with van der Waals surface area (Å²) in [4.78, 5) is 0. The monoisotopic (exact) mass is 273 g/mol. The van der Waals surface area contributed by atoms with E-state index in [1.807, 2.05) is 12.1 Å². The Balaban J connectivity index is 2.06. The van der Waals surface area contributed by atoms with E-state index in [1.165, 1.54) is 22.3 Å². The number of nitrogen functional groups attached to an aromatic ring is 1. The first-order chi connectivity index (χ1) is 10.2. The molecule has 1 nitrogen and oxygen atoms in total. The van der Waals surface area contributed by atoms with Gasteiger partial charge in [-0.15, -0.1) is 0 Å². The Hall–Kier alpha value is -2.54. The van der Waals surface area contributed by atoms with E-state index < -0.39 is 0 Å². The number of nitrogens with two attached hydrogens (primary N) is 1. The molecule has 0 saturated heterocycles. The molecule has 104 valence electrons. The normalized spacial score (nSPS) is 10.5. The van der Waals surface area contributed by atoms with Crippen LogP contribution >= 0.6 is 0 Å². The molecule has 0 bridgehead atoms. The molecule has 0 spiro atoms. The zero-order chi connectivity index (χ0) is 14.7. The molecular weight excluding hydrogens is 254 g/mol. The maximum atomic E-state index is 6.18.